The Labute approximate surface area is 104 Å². The molecule has 9 heteroatoms. The number of methoxy groups -OCH3 is 1. The lowest BCUT2D eigenvalue weighted by Crippen LogP contribution is -2.11. The van der Waals surface area contributed by atoms with Crippen LogP contribution in [0, 0.1) is 0 Å². The van der Waals surface area contributed by atoms with Crippen molar-refractivity contribution in [2.45, 2.75) is 6.18 Å². The molecule has 0 aliphatic carbocycles. The predicted molar refractivity (Wildman–Crippen MR) is 56.1 cm³/mol. The highest BCUT2D eigenvalue weighted by molar-refractivity contribution is 5.77. The van der Waals surface area contributed by atoms with E-state index in [1.54, 1.807) is 0 Å². The molecule has 0 aliphatic heterocycles. The minimum absolute atomic E-state index is 0.0647. The molecular weight excluding hydrogens is 265 g/mol. The summed E-state index contributed by atoms with van der Waals surface area (Å²) in [5.74, 6) is -1.18. The number of carbonyl (C=O) groups excluding carboxylic acids is 1. The monoisotopic (exact) mass is 272 g/mol. The van der Waals surface area contributed by atoms with Crippen molar-refractivity contribution in [1.82, 2.24) is 19.7 Å². The van der Waals surface area contributed by atoms with Crippen molar-refractivity contribution in [1.29, 1.82) is 0 Å². The van der Waals surface area contributed by atoms with E-state index < -0.39 is 12.0 Å². The fourth-order valence-electron chi connectivity index (χ4n) is 1.33. The zero-order valence-corrected chi connectivity index (χ0v) is 9.55. The normalized spacial score (nSPS) is 11.4. The van der Waals surface area contributed by atoms with Crippen LogP contribution in [0.15, 0.2) is 18.6 Å². The lowest BCUT2D eigenvalue weighted by molar-refractivity contribution is -0.145. The Balaban J connectivity index is 2.37. The van der Waals surface area contributed by atoms with Gasteiger partial charge in [-0.05, 0) is 0 Å². The van der Waals surface area contributed by atoms with Gasteiger partial charge in [-0.15, -0.1) is 5.10 Å². The second kappa shape index (κ2) is 4.67. The van der Waals surface area contributed by atoms with Gasteiger partial charge in [0.1, 0.15) is 5.69 Å². The summed E-state index contributed by atoms with van der Waals surface area (Å²) in [5.41, 5.74) is 0.349. The summed E-state index contributed by atoms with van der Waals surface area (Å²) in [6.45, 7) is 0. The predicted octanol–water partition coefficient (Wildman–Crippen LogP) is 1.50. The first kappa shape index (κ1) is 13.0. The van der Waals surface area contributed by atoms with Crippen molar-refractivity contribution in [3.8, 4) is 11.6 Å². The molecule has 0 atom stereocenters. The smallest absolute Gasteiger partial charge is 0.451 e. The van der Waals surface area contributed by atoms with Crippen LogP contribution in [-0.2, 0) is 6.18 Å². The second-order valence-corrected chi connectivity index (χ2v) is 3.42. The van der Waals surface area contributed by atoms with Crippen LogP contribution >= 0.6 is 0 Å². The van der Waals surface area contributed by atoms with Crippen LogP contribution in [-0.4, -0.2) is 33.1 Å². The van der Waals surface area contributed by atoms with Crippen LogP contribution in [0.5, 0.6) is 5.88 Å². The van der Waals surface area contributed by atoms with Gasteiger partial charge >= 0.3 is 6.18 Å². The minimum atomic E-state index is -4.60. The third-order valence-electron chi connectivity index (χ3n) is 2.18. The Morgan fingerprint density at radius 1 is 1.32 bits per heavy atom. The molecule has 2 aromatic rings. The highest BCUT2D eigenvalue weighted by Gasteiger charge is 2.34. The lowest BCUT2D eigenvalue weighted by atomic mass is 10.4. The number of aldehydes is 1. The van der Waals surface area contributed by atoms with Crippen LogP contribution in [0.4, 0.5) is 13.2 Å². The minimum Gasteiger partial charge on any atom is -0.479 e. The number of rotatable bonds is 3. The molecule has 0 radical (unpaired) electrons. The molecule has 0 aliphatic rings. The number of hydrogen-bond acceptors (Lipinski definition) is 5. The van der Waals surface area contributed by atoms with Crippen molar-refractivity contribution in [3.05, 3.63) is 30.0 Å². The molecule has 2 aromatic heterocycles. The molecule has 0 unspecified atom stereocenters. The standard InChI is InChI=1S/C10H7F3N4O2/c1-19-8-6(5-18)4-17(16-8)7-2-14-9(15-3-7)10(11,12)13/h2-5H,1H3. The maximum absolute atomic E-state index is 12.3. The first-order valence-electron chi connectivity index (χ1n) is 4.94. The van der Waals surface area contributed by atoms with E-state index in [0.717, 1.165) is 17.1 Å². The molecule has 0 spiro atoms. The van der Waals surface area contributed by atoms with E-state index in [4.69, 9.17) is 4.74 Å². The summed E-state index contributed by atoms with van der Waals surface area (Å²) in [6, 6.07) is 0. The number of ether oxygens (including phenoxy) is 1. The van der Waals surface area contributed by atoms with Gasteiger partial charge in [-0.25, -0.2) is 14.6 Å². The maximum Gasteiger partial charge on any atom is 0.451 e. The molecule has 0 saturated heterocycles. The zero-order valence-electron chi connectivity index (χ0n) is 9.55. The molecule has 0 aromatic carbocycles. The number of aromatic nitrogens is 4. The van der Waals surface area contributed by atoms with E-state index in [9.17, 15) is 18.0 Å². The van der Waals surface area contributed by atoms with E-state index in [2.05, 4.69) is 15.1 Å². The Morgan fingerprint density at radius 3 is 2.37 bits per heavy atom. The third-order valence-corrected chi connectivity index (χ3v) is 2.18. The number of hydrogen-bond donors (Lipinski definition) is 0. The van der Waals surface area contributed by atoms with Crippen molar-refractivity contribution < 1.29 is 22.7 Å². The number of carbonyl (C=O) groups is 1. The van der Waals surface area contributed by atoms with Gasteiger partial charge in [-0.1, -0.05) is 0 Å². The van der Waals surface area contributed by atoms with Crippen molar-refractivity contribution in [2.24, 2.45) is 0 Å². The van der Waals surface area contributed by atoms with Gasteiger partial charge in [0.2, 0.25) is 11.7 Å². The van der Waals surface area contributed by atoms with E-state index in [1.165, 1.54) is 13.3 Å². The van der Waals surface area contributed by atoms with Crippen LogP contribution in [0.3, 0.4) is 0 Å². The first-order chi connectivity index (χ1) is 8.95. The quantitative estimate of drug-likeness (QED) is 0.792. The zero-order chi connectivity index (χ0) is 14.0. The van der Waals surface area contributed by atoms with E-state index >= 15 is 0 Å². The highest BCUT2D eigenvalue weighted by atomic mass is 19.4. The van der Waals surface area contributed by atoms with Crippen LogP contribution in [0.2, 0.25) is 0 Å². The van der Waals surface area contributed by atoms with Gasteiger partial charge in [-0.3, -0.25) is 4.79 Å². The topological polar surface area (TPSA) is 69.9 Å². The lowest BCUT2D eigenvalue weighted by Gasteiger charge is -2.05. The molecule has 0 N–H and O–H groups in total. The summed E-state index contributed by atoms with van der Waals surface area (Å²) >= 11 is 0. The Morgan fingerprint density at radius 2 is 1.95 bits per heavy atom. The van der Waals surface area contributed by atoms with Crippen LogP contribution in [0.1, 0.15) is 16.2 Å². The maximum atomic E-state index is 12.3. The summed E-state index contributed by atoms with van der Waals surface area (Å²) in [6.07, 6.45) is -0.868. The average Bonchev–Trinajstić information content (AvgIpc) is 2.81. The third kappa shape index (κ3) is 2.54. The van der Waals surface area contributed by atoms with Crippen LogP contribution in [0.25, 0.3) is 5.69 Å². The number of nitrogens with zero attached hydrogens (tertiary/aromatic N) is 4. The van der Waals surface area contributed by atoms with E-state index in [0.29, 0.717) is 6.29 Å². The molecule has 100 valence electrons. The molecule has 0 saturated carbocycles. The van der Waals surface area contributed by atoms with E-state index in [1.807, 2.05) is 0 Å². The molecule has 0 bridgehead atoms. The second-order valence-electron chi connectivity index (χ2n) is 3.42. The Kier molecular flexibility index (Phi) is 3.19. The summed E-state index contributed by atoms with van der Waals surface area (Å²) in [7, 11) is 1.32. The molecule has 2 heterocycles. The first-order valence-corrected chi connectivity index (χ1v) is 4.94. The fraction of sp³-hybridized carbons (Fsp3) is 0.200. The van der Waals surface area contributed by atoms with Crippen molar-refractivity contribution in [2.75, 3.05) is 7.11 Å². The average molecular weight is 272 g/mol. The molecular formula is C10H7F3N4O2. The summed E-state index contributed by atoms with van der Waals surface area (Å²) in [4.78, 5) is 17.1. The van der Waals surface area contributed by atoms with Gasteiger partial charge in [0.05, 0.1) is 25.1 Å². The largest absolute Gasteiger partial charge is 0.479 e. The number of alkyl halides is 3. The molecule has 0 fully saturated rings. The molecule has 6 nitrogen and oxygen atoms in total. The number of halogens is 3. The van der Waals surface area contributed by atoms with Gasteiger partial charge in [-0.2, -0.15) is 13.2 Å². The van der Waals surface area contributed by atoms with Crippen molar-refractivity contribution >= 4 is 6.29 Å². The van der Waals surface area contributed by atoms with Crippen molar-refractivity contribution in [3.63, 3.8) is 0 Å². The fourth-order valence-corrected chi connectivity index (χ4v) is 1.33. The highest BCUT2D eigenvalue weighted by Crippen LogP contribution is 2.25. The van der Waals surface area contributed by atoms with Gasteiger partial charge in [0.15, 0.2) is 6.29 Å². The van der Waals surface area contributed by atoms with Gasteiger partial charge < -0.3 is 4.74 Å². The van der Waals surface area contributed by atoms with Crippen LogP contribution < -0.4 is 4.74 Å². The molecule has 0 amide bonds. The Hall–Kier alpha value is -2.45. The molecule has 19 heavy (non-hydrogen) atoms. The Bertz CT molecular complexity index is 592. The summed E-state index contributed by atoms with van der Waals surface area (Å²) in [5, 5.41) is 3.86. The van der Waals surface area contributed by atoms with Gasteiger partial charge in [0.25, 0.3) is 0 Å². The van der Waals surface area contributed by atoms with Gasteiger partial charge in [0, 0.05) is 6.20 Å². The molecule has 2 rings (SSSR count). The summed E-state index contributed by atoms with van der Waals surface area (Å²) < 4.78 is 42.8. The van der Waals surface area contributed by atoms with E-state index in [-0.39, 0.29) is 17.1 Å². The SMILES string of the molecule is COc1nn(-c2cnc(C(F)(F)F)nc2)cc1C=O.